The lowest BCUT2D eigenvalue weighted by atomic mass is 9.57. The zero-order chi connectivity index (χ0) is 13.0. The molecule has 2 aliphatic carbocycles. The van der Waals surface area contributed by atoms with Gasteiger partial charge in [0.2, 0.25) is 0 Å². The first kappa shape index (κ1) is 14.0. The van der Waals surface area contributed by atoms with Crippen LogP contribution in [-0.4, -0.2) is 31.7 Å². The van der Waals surface area contributed by atoms with Crippen molar-refractivity contribution in [3.8, 4) is 0 Å². The Morgan fingerprint density at radius 1 is 1.22 bits per heavy atom. The summed E-state index contributed by atoms with van der Waals surface area (Å²) in [5.41, 5.74) is -0.101. The molecule has 2 aliphatic rings. The third-order valence-electron chi connectivity index (χ3n) is 4.29. The summed E-state index contributed by atoms with van der Waals surface area (Å²) in [5, 5.41) is 0. The van der Waals surface area contributed by atoms with Crippen LogP contribution >= 0.6 is 0 Å². The maximum Gasteiger partial charge on any atom is 0.144 e. The molecule has 1 spiro atoms. The fourth-order valence-corrected chi connectivity index (χ4v) is 3.19. The maximum absolute atomic E-state index is 11.9. The van der Waals surface area contributed by atoms with Gasteiger partial charge in [-0.2, -0.15) is 0 Å². The number of Topliss-reactive ketones (excluding diaryl/α,β-unsaturated/α-hetero) is 1. The van der Waals surface area contributed by atoms with Gasteiger partial charge in [-0.25, -0.2) is 0 Å². The highest BCUT2D eigenvalue weighted by Gasteiger charge is 2.55. The number of hydrogen-bond acceptors (Lipinski definition) is 3. The lowest BCUT2D eigenvalue weighted by molar-refractivity contribution is -0.171. The zero-order valence-corrected chi connectivity index (χ0v) is 11.7. The topological polar surface area (TPSA) is 35.5 Å². The first-order chi connectivity index (χ1) is 8.65. The Hall–Kier alpha value is -0.410. The molecule has 2 fully saturated rings. The van der Waals surface area contributed by atoms with E-state index in [0.717, 1.165) is 19.4 Å². The fraction of sp³-hybridized carbons (Fsp3) is 0.933. The molecule has 0 aromatic heterocycles. The van der Waals surface area contributed by atoms with Gasteiger partial charge in [0.15, 0.2) is 0 Å². The standard InChI is InChI=1S/C15H26O3/c1-12(2)11-17-8-9-18-14-10-13(16)15(14)6-4-3-5-7-15/h12,14H,3-11H2,1-2H3. The van der Waals surface area contributed by atoms with Crippen molar-refractivity contribution in [2.24, 2.45) is 11.3 Å². The quantitative estimate of drug-likeness (QED) is 0.684. The summed E-state index contributed by atoms with van der Waals surface area (Å²) in [7, 11) is 0. The van der Waals surface area contributed by atoms with E-state index in [4.69, 9.17) is 9.47 Å². The molecule has 0 N–H and O–H groups in total. The van der Waals surface area contributed by atoms with Crippen molar-refractivity contribution < 1.29 is 14.3 Å². The van der Waals surface area contributed by atoms with E-state index < -0.39 is 0 Å². The van der Waals surface area contributed by atoms with Crippen molar-refractivity contribution in [1.82, 2.24) is 0 Å². The SMILES string of the molecule is CC(C)COCCOC1CC(=O)C12CCCCC2. The molecule has 0 heterocycles. The van der Waals surface area contributed by atoms with E-state index >= 15 is 0 Å². The molecule has 0 saturated heterocycles. The smallest absolute Gasteiger partial charge is 0.144 e. The van der Waals surface area contributed by atoms with Crippen molar-refractivity contribution in [3.63, 3.8) is 0 Å². The Bertz CT molecular complexity index is 279. The second-order valence-corrected chi connectivity index (χ2v) is 6.17. The van der Waals surface area contributed by atoms with Gasteiger partial charge in [-0.3, -0.25) is 4.79 Å². The minimum atomic E-state index is -0.101. The highest BCUT2D eigenvalue weighted by molar-refractivity contribution is 5.92. The molecule has 0 aliphatic heterocycles. The Morgan fingerprint density at radius 2 is 1.94 bits per heavy atom. The van der Waals surface area contributed by atoms with Crippen molar-refractivity contribution in [2.75, 3.05) is 19.8 Å². The van der Waals surface area contributed by atoms with Crippen LogP contribution in [0.25, 0.3) is 0 Å². The Morgan fingerprint density at radius 3 is 2.56 bits per heavy atom. The van der Waals surface area contributed by atoms with Gasteiger partial charge in [-0.1, -0.05) is 33.1 Å². The van der Waals surface area contributed by atoms with Gasteiger partial charge in [0.1, 0.15) is 5.78 Å². The third-order valence-corrected chi connectivity index (χ3v) is 4.29. The van der Waals surface area contributed by atoms with Crippen LogP contribution in [0, 0.1) is 11.3 Å². The van der Waals surface area contributed by atoms with E-state index in [0.29, 0.717) is 31.3 Å². The molecule has 0 amide bonds. The van der Waals surface area contributed by atoms with Crippen LogP contribution in [0.5, 0.6) is 0 Å². The van der Waals surface area contributed by atoms with Crippen LogP contribution in [0.2, 0.25) is 0 Å². The van der Waals surface area contributed by atoms with E-state index in [-0.39, 0.29) is 11.5 Å². The number of rotatable bonds is 6. The van der Waals surface area contributed by atoms with Gasteiger partial charge in [0, 0.05) is 13.0 Å². The normalized spacial score (nSPS) is 26.6. The molecule has 0 aromatic carbocycles. The Balaban J connectivity index is 1.68. The number of ether oxygens (including phenoxy) is 2. The summed E-state index contributed by atoms with van der Waals surface area (Å²) in [6.07, 6.45) is 6.55. The summed E-state index contributed by atoms with van der Waals surface area (Å²) in [4.78, 5) is 11.9. The molecule has 18 heavy (non-hydrogen) atoms. The fourth-order valence-electron chi connectivity index (χ4n) is 3.19. The van der Waals surface area contributed by atoms with E-state index in [1.807, 2.05) is 0 Å². The van der Waals surface area contributed by atoms with Gasteiger partial charge in [-0.15, -0.1) is 0 Å². The molecule has 2 rings (SSSR count). The molecule has 104 valence electrons. The Kier molecular flexibility index (Phi) is 4.79. The minimum absolute atomic E-state index is 0.101. The first-order valence-electron chi connectivity index (χ1n) is 7.38. The van der Waals surface area contributed by atoms with Crippen LogP contribution in [0.1, 0.15) is 52.4 Å². The second-order valence-electron chi connectivity index (χ2n) is 6.17. The van der Waals surface area contributed by atoms with Gasteiger partial charge in [-0.05, 0) is 18.8 Å². The lowest BCUT2D eigenvalue weighted by Gasteiger charge is -2.49. The molecule has 3 heteroatoms. The van der Waals surface area contributed by atoms with E-state index in [1.54, 1.807) is 0 Å². The maximum atomic E-state index is 11.9. The van der Waals surface area contributed by atoms with Crippen molar-refractivity contribution in [3.05, 3.63) is 0 Å². The molecule has 3 nitrogen and oxygen atoms in total. The van der Waals surface area contributed by atoms with Crippen molar-refractivity contribution in [1.29, 1.82) is 0 Å². The average Bonchev–Trinajstić information content (AvgIpc) is 2.38. The highest BCUT2D eigenvalue weighted by Crippen LogP contribution is 2.50. The summed E-state index contributed by atoms with van der Waals surface area (Å²) in [6.45, 7) is 6.36. The van der Waals surface area contributed by atoms with Gasteiger partial charge in [0.05, 0.1) is 24.7 Å². The summed E-state index contributed by atoms with van der Waals surface area (Å²) in [6, 6.07) is 0. The van der Waals surface area contributed by atoms with Crippen molar-refractivity contribution >= 4 is 5.78 Å². The summed E-state index contributed by atoms with van der Waals surface area (Å²) in [5.74, 6) is 1.01. The number of hydrogen-bond donors (Lipinski definition) is 0. The second kappa shape index (κ2) is 6.16. The highest BCUT2D eigenvalue weighted by atomic mass is 16.5. The number of carbonyl (C=O) groups is 1. The van der Waals surface area contributed by atoms with E-state index in [1.165, 1.54) is 19.3 Å². The summed E-state index contributed by atoms with van der Waals surface area (Å²) < 4.78 is 11.4. The number of carbonyl (C=O) groups excluding carboxylic acids is 1. The van der Waals surface area contributed by atoms with Crippen LogP contribution < -0.4 is 0 Å². The number of ketones is 1. The molecule has 0 radical (unpaired) electrons. The minimum Gasteiger partial charge on any atom is -0.379 e. The van der Waals surface area contributed by atoms with E-state index in [2.05, 4.69) is 13.8 Å². The van der Waals surface area contributed by atoms with Gasteiger partial charge < -0.3 is 9.47 Å². The molecule has 1 atom stereocenters. The summed E-state index contributed by atoms with van der Waals surface area (Å²) >= 11 is 0. The predicted molar refractivity (Wildman–Crippen MR) is 70.5 cm³/mol. The Labute approximate surface area is 110 Å². The molecule has 2 saturated carbocycles. The van der Waals surface area contributed by atoms with Crippen LogP contribution in [0.3, 0.4) is 0 Å². The lowest BCUT2D eigenvalue weighted by Crippen LogP contribution is -2.56. The van der Waals surface area contributed by atoms with Crippen LogP contribution in [0.15, 0.2) is 0 Å². The molecular formula is C15H26O3. The van der Waals surface area contributed by atoms with Crippen molar-refractivity contribution in [2.45, 2.75) is 58.5 Å². The monoisotopic (exact) mass is 254 g/mol. The molecule has 0 aromatic rings. The molecule has 1 unspecified atom stereocenters. The van der Waals surface area contributed by atoms with Gasteiger partial charge >= 0.3 is 0 Å². The van der Waals surface area contributed by atoms with Crippen LogP contribution in [-0.2, 0) is 14.3 Å². The predicted octanol–water partition coefficient (Wildman–Crippen LogP) is 2.97. The van der Waals surface area contributed by atoms with E-state index in [9.17, 15) is 4.79 Å². The third kappa shape index (κ3) is 2.94. The first-order valence-corrected chi connectivity index (χ1v) is 7.38. The van der Waals surface area contributed by atoms with Crippen LogP contribution in [0.4, 0.5) is 0 Å². The largest absolute Gasteiger partial charge is 0.379 e. The molecule has 0 bridgehead atoms. The van der Waals surface area contributed by atoms with Gasteiger partial charge in [0.25, 0.3) is 0 Å². The molecular weight excluding hydrogens is 228 g/mol. The average molecular weight is 254 g/mol. The zero-order valence-electron chi connectivity index (χ0n) is 11.7.